The number of nitrogens with zero attached hydrogens (tertiary/aromatic N) is 4. The van der Waals surface area contributed by atoms with E-state index in [0.29, 0.717) is 12.3 Å². The van der Waals surface area contributed by atoms with Crippen LogP contribution >= 0.6 is 11.8 Å². The molecule has 0 saturated heterocycles. The average molecular weight is 435 g/mol. The molecular weight excluding hydrogens is 404 g/mol. The highest BCUT2D eigenvalue weighted by Gasteiger charge is 2.23. The summed E-state index contributed by atoms with van der Waals surface area (Å²) in [6.07, 6.45) is 4.35. The normalized spacial score (nSPS) is 14.1. The quantitative estimate of drug-likeness (QED) is 0.358. The third kappa shape index (κ3) is 4.91. The molecule has 2 aromatic carbocycles. The van der Waals surface area contributed by atoms with Crippen molar-refractivity contribution in [1.29, 1.82) is 0 Å². The highest BCUT2D eigenvalue weighted by molar-refractivity contribution is 7.99. The first-order valence-electron chi connectivity index (χ1n) is 11.0. The van der Waals surface area contributed by atoms with E-state index >= 15 is 0 Å². The van der Waals surface area contributed by atoms with Crippen LogP contribution in [0, 0.1) is 0 Å². The number of benzene rings is 2. The minimum Gasteiger partial charge on any atom is -0.300 e. The lowest BCUT2D eigenvalue weighted by Crippen LogP contribution is -2.23. The molecule has 1 aliphatic rings. The number of aromatic nitrogens is 3. The van der Waals surface area contributed by atoms with E-state index in [4.69, 9.17) is 0 Å². The van der Waals surface area contributed by atoms with Crippen LogP contribution in [0.4, 0.5) is 0 Å². The van der Waals surface area contributed by atoms with E-state index in [9.17, 15) is 4.79 Å². The van der Waals surface area contributed by atoms with E-state index in [0.717, 1.165) is 35.8 Å². The molecule has 0 bridgehead atoms. The summed E-state index contributed by atoms with van der Waals surface area (Å²) in [6.45, 7) is 2.86. The molecule has 6 heteroatoms. The van der Waals surface area contributed by atoms with Crippen LogP contribution in [0.5, 0.6) is 0 Å². The zero-order valence-electron chi connectivity index (χ0n) is 18.5. The Kier molecular flexibility index (Phi) is 6.88. The van der Waals surface area contributed by atoms with Gasteiger partial charge in [-0.25, -0.2) is 0 Å². The minimum atomic E-state index is 0.148. The molecule has 1 aromatic heterocycles. The first-order valence-corrected chi connectivity index (χ1v) is 12.0. The van der Waals surface area contributed by atoms with Crippen molar-refractivity contribution in [2.75, 3.05) is 19.8 Å². The van der Waals surface area contributed by atoms with Gasteiger partial charge in [0.1, 0.15) is 0 Å². The Labute approximate surface area is 188 Å². The standard InChI is InChI=1S/C25H30N4OS/c1-4-22(28(2)3)24-26-27-25(29(24)16-18-9-6-5-7-10-18)31-17-23(30)21-14-13-19-11-8-12-20(19)15-21/h5-7,9-10,13-15,22H,4,8,11-12,16-17H2,1-3H3/t22-/m0/s1. The number of carbonyl (C=O) groups is 1. The maximum Gasteiger partial charge on any atom is 0.192 e. The predicted molar refractivity (Wildman–Crippen MR) is 126 cm³/mol. The van der Waals surface area contributed by atoms with Crippen LogP contribution in [0.25, 0.3) is 0 Å². The Balaban J connectivity index is 1.55. The molecule has 162 valence electrons. The summed E-state index contributed by atoms with van der Waals surface area (Å²) >= 11 is 1.48. The SMILES string of the molecule is CC[C@@H](c1nnc(SCC(=O)c2ccc3c(c2)CCC3)n1Cc1ccccc1)N(C)C. The number of hydrogen-bond donors (Lipinski definition) is 0. The van der Waals surface area contributed by atoms with Gasteiger partial charge in [-0.3, -0.25) is 9.69 Å². The smallest absolute Gasteiger partial charge is 0.192 e. The van der Waals surface area contributed by atoms with Crippen molar-refractivity contribution < 1.29 is 4.79 Å². The molecule has 0 unspecified atom stereocenters. The molecule has 1 heterocycles. The molecule has 0 amide bonds. The fraction of sp³-hybridized carbons (Fsp3) is 0.400. The Morgan fingerprint density at radius 2 is 1.87 bits per heavy atom. The lowest BCUT2D eigenvalue weighted by atomic mass is 10.0. The summed E-state index contributed by atoms with van der Waals surface area (Å²) < 4.78 is 2.17. The van der Waals surface area contributed by atoms with Gasteiger partial charge >= 0.3 is 0 Å². The number of hydrogen-bond acceptors (Lipinski definition) is 5. The number of Topliss-reactive ketones (excluding diaryl/α,β-unsaturated/α-hetero) is 1. The van der Waals surface area contributed by atoms with Gasteiger partial charge in [-0.1, -0.05) is 61.2 Å². The maximum absolute atomic E-state index is 12.9. The number of ketones is 1. The summed E-state index contributed by atoms with van der Waals surface area (Å²) in [5.41, 5.74) is 4.74. The monoisotopic (exact) mass is 434 g/mol. The zero-order valence-corrected chi connectivity index (χ0v) is 19.4. The second-order valence-electron chi connectivity index (χ2n) is 8.35. The first-order chi connectivity index (χ1) is 15.1. The van der Waals surface area contributed by atoms with Crippen molar-refractivity contribution in [3.8, 4) is 0 Å². The van der Waals surface area contributed by atoms with E-state index in [1.54, 1.807) is 0 Å². The highest BCUT2D eigenvalue weighted by Crippen LogP contribution is 2.28. The Morgan fingerprint density at radius 1 is 1.10 bits per heavy atom. The molecule has 0 spiro atoms. The molecule has 4 rings (SSSR count). The fourth-order valence-corrected chi connectivity index (χ4v) is 5.14. The summed E-state index contributed by atoms with van der Waals surface area (Å²) in [5, 5.41) is 9.83. The third-order valence-electron chi connectivity index (χ3n) is 5.99. The molecule has 0 N–H and O–H groups in total. The van der Waals surface area contributed by atoms with E-state index in [1.807, 2.05) is 24.3 Å². The average Bonchev–Trinajstić information content (AvgIpc) is 3.40. The lowest BCUT2D eigenvalue weighted by Gasteiger charge is -2.23. The molecule has 0 fully saturated rings. The number of fused-ring (bicyclic) bond motifs is 1. The van der Waals surface area contributed by atoms with Crippen LogP contribution in [0.15, 0.2) is 53.7 Å². The Hall–Kier alpha value is -2.44. The fourth-order valence-electron chi connectivity index (χ4n) is 4.31. The van der Waals surface area contributed by atoms with Gasteiger partial charge in [0.2, 0.25) is 0 Å². The minimum absolute atomic E-state index is 0.148. The van der Waals surface area contributed by atoms with E-state index in [2.05, 4.69) is 64.9 Å². The van der Waals surface area contributed by atoms with E-state index < -0.39 is 0 Å². The summed E-state index contributed by atoms with van der Waals surface area (Å²) in [4.78, 5) is 15.1. The van der Waals surface area contributed by atoms with Crippen molar-refractivity contribution >= 4 is 17.5 Å². The molecule has 31 heavy (non-hydrogen) atoms. The Bertz CT molecular complexity index is 1040. The van der Waals surface area contributed by atoms with Crippen LogP contribution in [0.1, 0.15) is 58.7 Å². The molecule has 3 aromatic rings. The first kappa shape index (κ1) is 21.8. The van der Waals surface area contributed by atoms with Gasteiger partial charge in [0, 0.05) is 5.56 Å². The second-order valence-corrected chi connectivity index (χ2v) is 9.29. The van der Waals surface area contributed by atoms with Gasteiger partial charge in [0.25, 0.3) is 0 Å². The van der Waals surface area contributed by atoms with Gasteiger partial charge < -0.3 is 4.57 Å². The summed E-state index contributed by atoms with van der Waals surface area (Å²) in [7, 11) is 4.14. The summed E-state index contributed by atoms with van der Waals surface area (Å²) in [5.74, 6) is 1.46. The van der Waals surface area contributed by atoms with Crippen molar-refractivity contribution in [3.05, 3.63) is 76.6 Å². The van der Waals surface area contributed by atoms with E-state index in [-0.39, 0.29) is 11.8 Å². The maximum atomic E-state index is 12.9. The zero-order chi connectivity index (χ0) is 21.8. The van der Waals surface area contributed by atoms with Gasteiger partial charge in [-0.15, -0.1) is 10.2 Å². The largest absolute Gasteiger partial charge is 0.300 e. The second kappa shape index (κ2) is 9.79. The number of carbonyl (C=O) groups excluding carboxylic acids is 1. The molecule has 0 saturated carbocycles. The molecule has 1 atom stereocenters. The van der Waals surface area contributed by atoms with Crippen LogP contribution in [0.2, 0.25) is 0 Å². The molecule has 0 aliphatic heterocycles. The number of thioether (sulfide) groups is 1. The highest BCUT2D eigenvalue weighted by atomic mass is 32.2. The topological polar surface area (TPSA) is 51.0 Å². The molecule has 5 nitrogen and oxygen atoms in total. The molecule has 0 radical (unpaired) electrons. The number of aryl methyl sites for hydroxylation is 2. The van der Waals surface area contributed by atoms with Crippen LogP contribution in [0.3, 0.4) is 0 Å². The van der Waals surface area contributed by atoms with Gasteiger partial charge in [0.05, 0.1) is 18.3 Å². The van der Waals surface area contributed by atoms with Crippen molar-refractivity contribution in [2.45, 2.75) is 50.4 Å². The van der Waals surface area contributed by atoms with Crippen molar-refractivity contribution in [1.82, 2.24) is 19.7 Å². The number of rotatable bonds is 9. The van der Waals surface area contributed by atoms with Crippen LogP contribution < -0.4 is 0 Å². The van der Waals surface area contributed by atoms with Gasteiger partial charge in [0.15, 0.2) is 16.8 Å². The van der Waals surface area contributed by atoms with Crippen LogP contribution in [-0.2, 0) is 19.4 Å². The third-order valence-corrected chi connectivity index (χ3v) is 6.96. The molecular formula is C25H30N4OS. The Morgan fingerprint density at radius 3 is 2.61 bits per heavy atom. The lowest BCUT2D eigenvalue weighted by molar-refractivity contribution is 0.102. The molecule has 1 aliphatic carbocycles. The van der Waals surface area contributed by atoms with Crippen molar-refractivity contribution in [3.63, 3.8) is 0 Å². The summed E-state index contributed by atoms with van der Waals surface area (Å²) in [6, 6.07) is 16.7. The van der Waals surface area contributed by atoms with E-state index in [1.165, 1.54) is 34.9 Å². The van der Waals surface area contributed by atoms with Gasteiger partial charge in [-0.05, 0) is 62.5 Å². The van der Waals surface area contributed by atoms with Crippen LogP contribution in [-0.4, -0.2) is 45.3 Å². The van der Waals surface area contributed by atoms with Crippen molar-refractivity contribution in [2.24, 2.45) is 0 Å². The predicted octanol–water partition coefficient (Wildman–Crippen LogP) is 4.80. The van der Waals surface area contributed by atoms with Gasteiger partial charge in [-0.2, -0.15) is 0 Å².